The normalized spacial score (nSPS) is 11.8. The zero-order chi connectivity index (χ0) is 13.6. The molecule has 0 spiro atoms. The van der Waals surface area contributed by atoms with Crippen LogP contribution in [0.3, 0.4) is 0 Å². The van der Waals surface area contributed by atoms with Crippen LogP contribution in [0.25, 0.3) is 0 Å². The molecular weight excluding hydrogens is 248 g/mol. The molecule has 5 heteroatoms. The summed E-state index contributed by atoms with van der Waals surface area (Å²) in [5, 5.41) is 3.17. The van der Waals surface area contributed by atoms with Gasteiger partial charge >= 0.3 is 0 Å². The Kier molecular flexibility index (Phi) is 5.62. The van der Waals surface area contributed by atoms with Crippen molar-refractivity contribution in [1.82, 2.24) is 4.31 Å². The van der Waals surface area contributed by atoms with Crippen molar-refractivity contribution >= 4 is 15.7 Å². The molecule has 1 aromatic rings. The van der Waals surface area contributed by atoms with Gasteiger partial charge in [-0.05, 0) is 18.6 Å². The number of rotatable bonds is 7. The van der Waals surface area contributed by atoms with Crippen molar-refractivity contribution in [2.24, 2.45) is 0 Å². The van der Waals surface area contributed by atoms with Gasteiger partial charge < -0.3 is 5.32 Å². The standard InChI is InChI=1S/C13H22N2O2S/c1-4-11-14-12-9-7-8-10-13(12)18(16,17)15(5-2)6-3/h7-10,14H,4-6,11H2,1-3H3. The zero-order valence-corrected chi connectivity index (χ0v) is 12.1. The van der Waals surface area contributed by atoms with E-state index < -0.39 is 10.0 Å². The third-order valence-corrected chi connectivity index (χ3v) is 4.88. The zero-order valence-electron chi connectivity index (χ0n) is 11.3. The summed E-state index contributed by atoms with van der Waals surface area (Å²) >= 11 is 0. The number of anilines is 1. The quantitative estimate of drug-likeness (QED) is 0.828. The molecule has 102 valence electrons. The van der Waals surface area contributed by atoms with E-state index in [0.29, 0.717) is 23.7 Å². The number of nitrogens with zero attached hydrogens (tertiary/aromatic N) is 1. The first-order valence-electron chi connectivity index (χ1n) is 6.40. The van der Waals surface area contributed by atoms with Gasteiger partial charge in [0.15, 0.2) is 0 Å². The Morgan fingerprint density at radius 3 is 2.28 bits per heavy atom. The van der Waals surface area contributed by atoms with Crippen LogP contribution < -0.4 is 5.32 Å². The summed E-state index contributed by atoms with van der Waals surface area (Å²) in [6.45, 7) is 7.49. The maximum Gasteiger partial charge on any atom is 0.245 e. The highest BCUT2D eigenvalue weighted by Gasteiger charge is 2.24. The molecule has 0 heterocycles. The fraction of sp³-hybridized carbons (Fsp3) is 0.538. The van der Waals surface area contributed by atoms with Gasteiger partial charge in [-0.25, -0.2) is 8.42 Å². The van der Waals surface area contributed by atoms with Gasteiger partial charge in [-0.1, -0.05) is 32.9 Å². The highest BCUT2D eigenvalue weighted by molar-refractivity contribution is 7.89. The lowest BCUT2D eigenvalue weighted by Crippen LogP contribution is -2.31. The van der Waals surface area contributed by atoms with Gasteiger partial charge in [0.1, 0.15) is 4.90 Å². The minimum atomic E-state index is -3.39. The van der Waals surface area contributed by atoms with E-state index in [-0.39, 0.29) is 0 Å². The topological polar surface area (TPSA) is 49.4 Å². The number of hydrogen-bond acceptors (Lipinski definition) is 3. The first-order valence-corrected chi connectivity index (χ1v) is 7.84. The molecule has 0 saturated heterocycles. The molecule has 1 aromatic carbocycles. The predicted molar refractivity (Wildman–Crippen MR) is 75.3 cm³/mol. The van der Waals surface area contributed by atoms with E-state index in [1.807, 2.05) is 26.0 Å². The van der Waals surface area contributed by atoms with Crippen molar-refractivity contribution in [3.05, 3.63) is 24.3 Å². The average Bonchev–Trinajstić information content (AvgIpc) is 2.37. The van der Waals surface area contributed by atoms with Crippen LogP contribution in [-0.4, -0.2) is 32.4 Å². The van der Waals surface area contributed by atoms with Gasteiger partial charge in [0.05, 0.1) is 5.69 Å². The summed E-state index contributed by atoms with van der Waals surface area (Å²) in [7, 11) is -3.39. The minimum absolute atomic E-state index is 0.363. The first kappa shape index (κ1) is 15.0. The Balaban J connectivity index is 3.15. The maximum atomic E-state index is 12.5. The van der Waals surface area contributed by atoms with Gasteiger partial charge in [-0.2, -0.15) is 4.31 Å². The third kappa shape index (κ3) is 3.23. The molecule has 0 aliphatic heterocycles. The molecule has 0 aliphatic rings. The van der Waals surface area contributed by atoms with Crippen molar-refractivity contribution in [1.29, 1.82) is 0 Å². The van der Waals surface area contributed by atoms with E-state index in [2.05, 4.69) is 12.2 Å². The fourth-order valence-electron chi connectivity index (χ4n) is 1.80. The van der Waals surface area contributed by atoms with Crippen molar-refractivity contribution in [3.63, 3.8) is 0 Å². The van der Waals surface area contributed by atoms with Gasteiger partial charge in [0.2, 0.25) is 10.0 Å². The molecule has 4 nitrogen and oxygen atoms in total. The van der Waals surface area contributed by atoms with Crippen LogP contribution in [0.2, 0.25) is 0 Å². The minimum Gasteiger partial charge on any atom is -0.384 e. The number of hydrogen-bond donors (Lipinski definition) is 1. The molecule has 0 radical (unpaired) electrons. The summed E-state index contributed by atoms with van der Waals surface area (Å²) in [5.74, 6) is 0. The molecule has 0 saturated carbocycles. The lowest BCUT2D eigenvalue weighted by molar-refractivity contribution is 0.445. The van der Waals surface area contributed by atoms with Gasteiger partial charge in [0, 0.05) is 19.6 Å². The van der Waals surface area contributed by atoms with Gasteiger partial charge in [-0.15, -0.1) is 0 Å². The highest BCUT2D eigenvalue weighted by atomic mass is 32.2. The predicted octanol–water partition coefficient (Wildman–Crippen LogP) is 2.54. The van der Waals surface area contributed by atoms with E-state index in [9.17, 15) is 8.42 Å². The Bertz CT molecular complexity index is 468. The van der Waals surface area contributed by atoms with Crippen LogP contribution >= 0.6 is 0 Å². The van der Waals surface area contributed by atoms with Crippen LogP contribution in [0.4, 0.5) is 5.69 Å². The Morgan fingerprint density at radius 1 is 1.11 bits per heavy atom. The molecule has 1 rings (SSSR count). The average molecular weight is 270 g/mol. The highest BCUT2D eigenvalue weighted by Crippen LogP contribution is 2.24. The fourth-order valence-corrected chi connectivity index (χ4v) is 3.43. The SMILES string of the molecule is CCCNc1ccccc1S(=O)(=O)N(CC)CC. The summed E-state index contributed by atoms with van der Waals surface area (Å²) in [5.41, 5.74) is 0.686. The summed E-state index contributed by atoms with van der Waals surface area (Å²) in [4.78, 5) is 0.363. The van der Waals surface area contributed by atoms with Crippen molar-refractivity contribution in [2.45, 2.75) is 32.1 Å². The lowest BCUT2D eigenvalue weighted by Gasteiger charge is -2.20. The summed E-state index contributed by atoms with van der Waals surface area (Å²) in [6.07, 6.45) is 0.958. The van der Waals surface area contributed by atoms with E-state index >= 15 is 0 Å². The molecule has 18 heavy (non-hydrogen) atoms. The maximum absolute atomic E-state index is 12.5. The summed E-state index contributed by atoms with van der Waals surface area (Å²) in [6, 6.07) is 7.07. The van der Waals surface area contributed by atoms with Crippen molar-refractivity contribution < 1.29 is 8.42 Å². The van der Waals surface area contributed by atoms with E-state index in [1.165, 1.54) is 4.31 Å². The van der Waals surface area contributed by atoms with E-state index in [0.717, 1.165) is 13.0 Å². The van der Waals surface area contributed by atoms with E-state index in [4.69, 9.17) is 0 Å². The molecule has 1 N–H and O–H groups in total. The number of benzene rings is 1. The Labute approximate surface area is 110 Å². The van der Waals surface area contributed by atoms with Crippen LogP contribution in [0.5, 0.6) is 0 Å². The molecule has 0 aromatic heterocycles. The lowest BCUT2D eigenvalue weighted by atomic mass is 10.3. The van der Waals surface area contributed by atoms with Crippen LogP contribution in [-0.2, 0) is 10.0 Å². The summed E-state index contributed by atoms with van der Waals surface area (Å²) < 4.78 is 26.4. The van der Waals surface area contributed by atoms with Gasteiger partial charge in [-0.3, -0.25) is 0 Å². The molecular formula is C13H22N2O2S. The number of nitrogens with one attached hydrogen (secondary N) is 1. The van der Waals surface area contributed by atoms with Crippen LogP contribution in [0, 0.1) is 0 Å². The van der Waals surface area contributed by atoms with Crippen LogP contribution in [0.15, 0.2) is 29.2 Å². The largest absolute Gasteiger partial charge is 0.384 e. The number of sulfonamides is 1. The second-order valence-corrected chi connectivity index (χ2v) is 5.92. The molecule has 0 unspecified atom stereocenters. The molecule has 0 amide bonds. The molecule has 0 aliphatic carbocycles. The molecule has 0 bridgehead atoms. The van der Waals surface area contributed by atoms with Crippen molar-refractivity contribution in [3.8, 4) is 0 Å². The van der Waals surface area contributed by atoms with Crippen LogP contribution in [0.1, 0.15) is 27.2 Å². The number of para-hydroxylation sites is 1. The van der Waals surface area contributed by atoms with E-state index in [1.54, 1.807) is 12.1 Å². The van der Waals surface area contributed by atoms with Gasteiger partial charge in [0.25, 0.3) is 0 Å². The molecule has 0 atom stereocenters. The second-order valence-electron chi connectivity index (χ2n) is 4.01. The monoisotopic (exact) mass is 270 g/mol. The second kappa shape index (κ2) is 6.75. The Morgan fingerprint density at radius 2 is 1.72 bits per heavy atom. The third-order valence-electron chi connectivity index (χ3n) is 2.78. The first-order chi connectivity index (χ1) is 8.57. The smallest absolute Gasteiger partial charge is 0.245 e. The molecule has 0 fully saturated rings. The van der Waals surface area contributed by atoms with Crippen molar-refractivity contribution in [2.75, 3.05) is 25.0 Å². The Hall–Kier alpha value is -1.07.